The minimum absolute atomic E-state index is 0.745. The first-order chi connectivity index (χ1) is 4.00. The molecule has 54 valence electrons. The second kappa shape index (κ2) is 7.52. The average molecular weight is 174 g/mol. The minimum Gasteiger partial charge on any atom is -0.453 e. The lowest BCUT2D eigenvalue weighted by Gasteiger charge is -1.81. The summed E-state index contributed by atoms with van der Waals surface area (Å²) in [6.07, 6.45) is -0.745. The number of carbonyl (C=O) groups excluding carboxylic acids is 2. The van der Waals surface area contributed by atoms with Crippen molar-refractivity contribution < 1.29 is 14.3 Å². The summed E-state index contributed by atoms with van der Waals surface area (Å²) in [5, 5.41) is 0. The number of carbonyl (C=O) groups is 2. The van der Waals surface area contributed by atoms with E-state index in [0.717, 1.165) is 0 Å². The summed E-state index contributed by atoms with van der Waals surface area (Å²) < 4.78 is 3.00. The Morgan fingerprint density at radius 2 is 1.56 bits per heavy atom. The zero-order valence-corrected chi connectivity index (χ0v) is 6.07. The highest BCUT2D eigenvalue weighted by molar-refractivity contribution is 6.93. The molecule has 6 heteroatoms. The Balaban J connectivity index is 0. The first-order valence-corrected chi connectivity index (χ1v) is 2.44. The van der Waals surface area contributed by atoms with Gasteiger partial charge in [-0.25, -0.2) is 4.79 Å². The van der Waals surface area contributed by atoms with Gasteiger partial charge in [0.15, 0.2) is 0 Å². The molecule has 0 aromatic carbocycles. The van der Waals surface area contributed by atoms with Gasteiger partial charge in [-0.3, -0.25) is 4.79 Å². The van der Waals surface area contributed by atoms with E-state index in [0.29, 0.717) is 0 Å². The van der Waals surface area contributed by atoms with Crippen LogP contribution in [0.25, 0.3) is 0 Å². The van der Waals surface area contributed by atoms with E-state index in [1.165, 1.54) is 7.11 Å². The molecule has 0 unspecified atom stereocenters. The Morgan fingerprint density at radius 1 is 1.44 bits per heavy atom. The third kappa shape index (κ3) is 99.2. The highest BCUT2D eigenvalue weighted by Gasteiger charge is 1.76. The third-order valence-electron chi connectivity index (χ3n) is 0.201. The van der Waals surface area contributed by atoms with E-state index in [4.69, 9.17) is 4.79 Å². The number of halogens is 2. The molecule has 0 bridgehead atoms. The maximum atomic E-state index is 9.37. The Kier molecular flexibility index (Phi) is 9.47. The number of ether oxygens (including phenoxy) is 1. The van der Waals surface area contributed by atoms with Crippen molar-refractivity contribution in [3.8, 4) is 0 Å². The van der Waals surface area contributed by atoms with Crippen LogP contribution in [0.4, 0.5) is 9.59 Å². The van der Waals surface area contributed by atoms with Crippen LogP contribution in [0.5, 0.6) is 0 Å². The van der Waals surface area contributed by atoms with E-state index in [9.17, 15) is 4.79 Å². The van der Waals surface area contributed by atoms with Gasteiger partial charge in [0.1, 0.15) is 0 Å². The van der Waals surface area contributed by atoms with Crippen molar-refractivity contribution in [1.29, 1.82) is 0 Å². The van der Waals surface area contributed by atoms with Crippen molar-refractivity contribution in [2.45, 2.75) is 0 Å². The fourth-order valence-corrected chi connectivity index (χ4v) is 0. The number of rotatable bonds is 0. The molecule has 1 amide bonds. The average Bonchev–Trinajstić information content (AvgIpc) is 1.65. The molecular weight excluding hydrogens is 169 g/mol. The molecule has 9 heavy (non-hydrogen) atoms. The maximum absolute atomic E-state index is 9.37. The second-order valence-electron chi connectivity index (χ2n) is 0.749. The zero-order valence-electron chi connectivity index (χ0n) is 4.56. The highest BCUT2D eigenvalue weighted by atomic mass is 35.5. The number of primary amides is 1. The van der Waals surface area contributed by atoms with Gasteiger partial charge in [-0.15, -0.1) is 0 Å². The van der Waals surface area contributed by atoms with Gasteiger partial charge in [0, 0.05) is 0 Å². The number of methoxy groups -OCH3 is 1. The molecule has 0 spiro atoms. The zero-order chi connectivity index (χ0) is 7.86. The Morgan fingerprint density at radius 3 is 1.56 bits per heavy atom. The van der Waals surface area contributed by atoms with Crippen LogP contribution in [-0.4, -0.2) is 17.9 Å². The van der Waals surface area contributed by atoms with Gasteiger partial charge in [0.25, 0.3) is 0 Å². The minimum atomic E-state index is -0.889. The summed E-state index contributed by atoms with van der Waals surface area (Å²) in [5.41, 5.74) is 4.43. The van der Waals surface area contributed by atoms with Crippen molar-refractivity contribution in [2.24, 2.45) is 5.73 Å². The van der Waals surface area contributed by atoms with E-state index in [1.807, 2.05) is 0 Å². The summed E-state index contributed by atoms with van der Waals surface area (Å²) in [7, 11) is 1.22. The van der Waals surface area contributed by atoms with Crippen molar-refractivity contribution in [2.75, 3.05) is 7.11 Å². The standard InChI is InChI=1S/C2H5NO2.CCl2O/c1-5-2(3)4;2-1(3)4/h1H3,(H2,3,4);. The van der Waals surface area contributed by atoms with E-state index in [1.54, 1.807) is 0 Å². The second-order valence-corrected chi connectivity index (χ2v) is 1.63. The van der Waals surface area contributed by atoms with Crippen molar-refractivity contribution in [1.82, 2.24) is 0 Å². The molecule has 0 aliphatic carbocycles. The number of hydrogen-bond acceptors (Lipinski definition) is 3. The Labute approximate surface area is 61.9 Å². The molecule has 2 N–H and O–H groups in total. The van der Waals surface area contributed by atoms with Gasteiger partial charge in [-0.05, 0) is 23.2 Å². The molecule has 0 atom stereocenters. The van der Waals surface area contributed by atoms with E-state index >= 15 is 0 Å². The molecular formula is C3H5Cl2NO3. The van der Waals surface area contributed by atoms with Crippen LogP contribution in [0.1, 0.15) is 0 Å². The molecule has 0 heterocycles. The quantitative estimate of drug-likeness (QED) is 0.562. The highest BCUT2D eigenvalue weighted by Crippen LogP contribution is 1.84. The fraction of sp³-hybridized carbons (Fsp3) is 0.333. The summed E-state index contributed by atoms with van der Waals surface area (Å²) in [6.45, 7) is 0. The normalized spacial score (nSPS) is 6.56. The van der Waals surface area contributed by atoms with Crippen LogP contribution >= 0.6 is 23.2 Å². The summed E-state index contributed by atoms with van der Waals surface area (Å²) in [5.74, 6) is 0. The van der Waals surface area contributed by atoms with Crippen molar-refractivity contribution in [3.63, 3.8) is 0 Å². The topological polar surface area (TPSA) is 69.4 Å². The van der Waals surface area contributed by atoms with Gasteiger partial charge in [0.05, 0.1) is 7.11 Å². The van der Waals surface area contributed by atoms with Crippen LogP contribution in [-0.2, 0) is 4.74 Å². The molecule has 4 nitrogen and oxygen atoms in total. The van der Waals surface area contributed by atoms with Crippen molar-refractivity contribution in [3.05, 3.63) is 0 Å². The monoisotopic (exact) mass is 173 g/mol. The molecule has 0 aromatic rings. The van der Waals surface area contributed by atoms with Crippen LogP contribution < -0.4 is 5.73 Å². The van der Waals surface area contributed by atoms with Crippen LogP contribution in [0.15, 0.2) is 0 Å². The molecule has 0 aromatic heterocycles. The SMILES string of the molecule is COC(N)=O.O=C(Cl)Cl. The van der Waals surface area contributed by atoms with Gasteiger partial charge in [-0.2, -0.15) is 0 Å². The first kappa shape index (κ1) is 11.3. The smallest absolute Gasteiger partial charge is 0.404 e. The fourth-order valence-electron chi connectivity index (χ4n) is 0. The Bertz CT molecular complexity index is 101. The molecule has 0 fully saturated rings. The molecule has 0 rings (SSSR count). The van der Waals surface area contributed by atoms with Crippen LogP contribution in [0.3, 0.4) is 0 Å². The molecule has 0 saturated carbocycles. The van der Waals surface area contributed by atoms with Gasteiger partial charge >= 0.3 is 10.8 Å². The van der Waals surface area contributed by atoms with Crippen LogP contribution in [0.2, 0.25) is 0 Å². The lowest BCUT2D eigenvalue weighted by molar-refractivity contribution is 0.182. The van der Waals surface area contributed by atoms with Gasteiger partial charge < -0.3 is 10.5 Å². The van der Waals surface area contributed by atoms with E-state index < -0.39 is 10.8 Å². The molecule has 0 aliphatic rings. The molecule has 0 radical (unpaired) electrons. The third-order valence-corrected chi connectivity index (χ3v) is 0.201. The van der Waals surface area contributed by atoms with Gasteiger partial charge in [-0.1, -0.05) is 0 Å². The largest absolute Gasteiger partial charge is 0.453 e. The predicted octanol–water partition coefficient (Wildman–Crippen LogP) is 1.30. The van der Waals surface area contributed by atoms with E-state index in [2.05, 4.69) is 33.7 Å². The van der Waals surface area contributed by atoms with Crippen LogP contribution in [0, 0.1) is 0 Å². The number of hydrogen-bond donors (Lipinski definition) is 1. The molecule has 0 saturated heterocycles. The first-order valence-electron chi connectivity index (χ1n) is 1.69. The lowest BCUT2D eigenvalue weighted by Crippen LogP contribution is -2.08. The molecule has 0 aliphatic heterocycles. The lowest BCUT2D eigenvalue weighted by atomic mass is 11.3. The summed E-state index contributed by atoms with van der Waals surface area (Å²) in [4.78, 5) is 18.3. The number of nitrogens with two attached hydrogens (primary N) is 1. The summed E-state index contributed by atoms with van der Waals surface area (Å²) in [6, 6.07) is 0. The van der Waals surface area contributed by atoms with Gasteiger partial charge in [0.2, 0.25) is 0 Å². The Hall–Kier alpha value is -0.480. The maximum Gasteiger partial charge on any atom is 0.404 e. The van der Waals surface area contributed by atoms with E-state index in [-0.39, 0.29) is 0 Å². The predicted molar refractivity (Wildman–Crippen MR) is 33.7 cm³/mol. The summed E-state index contributed by atoms with van der Waals surface area (Å²) >= 11 is 8.80. The number of amides is 1. The van der Waals surface area contributed by atoms with Crippen molar-refractivity contribution >= 4 is 34.0 Å².